The minimum Gasteiger partial charge on any atom is -0.396 e. The van der Waals surface area contributed by atoms with Crippen LogP contribution in [0.25, 0.3) is 0 Å². The van der Waals surface area contributed by atoms with Crippen molar-refractivity contribution in [2.24, 2.45) is 0 Å². The molecular formula is C10H12ClFO. The van der Waals surface area contributed by atoms with Gasteiger partial charge in [0.1, 0.15) is 5.82 Å². The predicted molar refractivity (Wildman–Crippen MR) is 51.4 cm³/mol. The Bertz CT molecular complexity index is 276. The second-order valence-electron chi connectivity index (χ2n) is 2.89. The highest BCUT2D eigenvalue weighted by molar-refractivity contribution is 6.30. The molecule has 1 nitrogen and oxygen atoms in total. The molecule has 0 unspecified atom stereocenters. The first-order valence-electron chi connectivity index (χ1n) is 4.29. The van der Waals surface area contributed by atoms with Crippen molar-refractivity contribution in [1.82, 2.24) is 0 Å². The highest BCUT2D eigenvalue weighted by Gasteiger charge is 2.04. The Morgan fingerprint density at radius 2 is 2.08 bits per heavy atom. The fraction of sp³-hybridized carbons (Fsp3) is 0.400. The van der Waals surface area contributed by atoms with E-state index in [4.69, 9.17) is 16.7 Å². The van der Waals surface area contributed by atoms with Crippen molar-refractivity contribution in [2.45, 2.75) is 19.3 Å². The maximum atomic E-state index is 13.2. The Hall–Kier alpha value is -0.600. The lowest BCUT2D eigenvalue weighted by Crippen LogP contribution is -1.93. The van der Waals surface area contributed by atoms with Crippen LogP contribution in [-0.2, 0) is 6.42 Å². The van der Waals surface area contributed by atoms with Crippen LogP contribution in [0.1, 0.15) is 18.4 Å². The highest BCUT2D eigenvalue weighted by Crippen LogP contribution is 2.19. The lowest BCUT2D eigenvalue weighted by molar-refractivity contribution is 0.284. The van der Waals surface area contributed by atoms with Crippen LogP contribution in [0.4, 0.5) is 4.39 Å². The third kappa shape index (κ3) is 2.98. The second kappa shape index (κ2) is 5.20. The standard InChI is InChI=1S/C10H12ClFO/c11-9-6-3-5-8(10(9)12)4-1-2-7-13/h3,5-6,13H,1-2,4,7H2. The summed E-state index contributed by atoms with van der Waals surface area (Å²) in [5.74, 6) is -0.331. The first kappa shape index (κ1) is 10.5. The molecule has 0 radical (unpaired) electrons. The number of benzene rings is 1. The molecule has 0 aromatic heterocycles. The average molecular weight is 203 g/mol. The van der Waals surface area contributed by atoms with Crippen LogP contribution in [0.2, 0.25) is 5.02 Å². The van der Waals surface area contributed by atoms with Crippen LogP contribution in [0.5, 0.6) is 0 Å². The van der Waals surface area contributed by atoms with E-state index in [1.807, 2.05) is 0 Å². The van der Waals surface area contributed by atoms with Gasteiger partial charge in [0.25, 0.3) is 0 Å². The maximum Gasteiger partial charge on any atom is 0.144 e. The van der Waals surface area contributed by atoms with Crippen molar-refractivity contribution in [3.63, 3.8) is 0 Å². The first-order valence-corrected chi connectivity index (χ1v) is 4.67. The number of halogens is 2. The molecule has 0 atom stereocenters. The van der Waals surface area contributed by atoms with Crippen LogP contribution in [0.3, 0.4) is 0 Å². The van der Waals surface area contributed by atoms with Crippen LogP contribution in [-0.4, -0.2) is 11.7 Å². The van der Waals surface area contributed by atoms with Crippen molar-refractivity contribution in [1.29, 1.82) is 0 Å². The van der Waals surface area contributed by atoms with Gasteiger partial charge < -0.3 is 5.11 Å². The zero-order valence-corrected chi connectivity index (χ0v) is 8.02. The fourth-order valence-corrected chi connectivity index (χ4v) is 1.36. The molecule has 1 N–H and O–H groups in total. The molecule has 0 saturated carbocycles. The summed E-state index contributed by atoms with van der Waals surface area (Å²) in [4.78, 5) is 0. The summed E-state index contributed by atoms with van der Waals surface area (Å²) in [6, 6.07) is 4.99. The quantitative estimate of drug-likeness (QED) is 0.745. The number of hydrogen-bond acceptors (Lipinski definition) is 1. The lowest BCUT2D eigenvalue weighted by Gasteiger charge is -2.03. The van der Waals surface area contributed by atoms with Crippen molar-refractivity contribution < 1.29 is 9.50 Å². The van der Waals surface area contributed by atoms with E-state index in [1.165, 1.54) is 6.07 Å². The van der Waals surface area contributed by atoms with E-state index in [-0.39, 0.29) is 17.4 Å². The summed E-state index contributed by atoms with van der Waals surface area (Å²) < 4.78 is 13.2. The van der Waals surface area contributed by atoms with Crippen molar-refractivity contribution in [3.8, 4) is 0 Å². The molecule has 0 heterocycles. The third-order valence-electron chi connectivity index (χ3n) is 1.89. The van der Waals surface area contributed by atoms with Crippen LogP contribution < -0.4 is 0 Å². The minimum absolute atomic E-state index is 0.155. The number of aliphatic hydroxyl groups excluding tert-OH is 1. The molecule has 13 heavy (non-hydrogen) atoms. The van der Waals surface area contributed by atoms with Crippen LogP contribution >= 0.6 is 11.6 Å². The molecule has 0 aliphatic carbocycles. The van der Waals surface area contributed by atoms with Gasteiger partial charge in [-0.2, -0.15) is 0 Å². The van der Waals surface area contributed by atoms with Crippen molar-refractivity contribution >= 4 is 11.6 Å². The topological polar surface area (TPSA) is 20.2 Å². The second-order valence-corrected chi connectivity index (χ2v) is 3.30. The van der Waals surface area contributed by atoms with Gasteiger partial charge in [0, 0.05) is 6.61 Å². The molecule has 0 aliphatic rings. The maximum absolute atomic E-state index is 13.2. The zero-order valence-electron chi connectivity index (χ0n) is 7.26. The minimum atomic E-state index is -0.331. The number of unbranched alkanes of at least 4 members (excludes halogenated alkanes) is 1. The molecule has 72 valence electrons. The summed E-state index contributed by atoms with van der Waals surface area (Å²) in [5.41, 5.74) is 0.626. The number of hydrogen-bond donors (Lipinski definition) is 1. The van der Waals surface area contributed by atoms with Gasteiger partial charge in [-0.15, -0.1) is 0 Å². The molecule has 1 aromatic carbocycles. The molecule has 0 bridgehead atoms. The van der Waals surface area contributed by atoms with Crippen LogP contribution in [0.15, 0.2) is 18.2 Å². The first-order chi connectivity index (χ1) is 6.25. The average Bonchev–Trinajstić information content (AvgIpc) is 2.13. The largest absolute Gasteiger partial charge is 0.396 e. The number of aryl methyl sites for hydroxylation is 1. The molecule has 0 amide bonds. The van der Waals surface area contributed by atoms with Crippen molar-refractivity contribution in [3.05, 3.63) is 34.6 Å². The van der Waals surface area contributed by atoms with Gasteiger partial charge >= 0.3 is 0 Å². The fourth-order valence-electron chi connectivity index (χ4n) is 1.17. The lowest BCUT2D eigenvalue weighted by atomic mass is 10.1. The van der Waals surface area contributed by atoms with E-state index < -0.39 is 0 Å². The van der Waals surface area contributed by atoms with E-state index in [1.54, 1.807) is 12.1 Å². The van der Waals surface area contributed by atoms with Gasteiger partial charge in [0.05, 0.1) is 5.02 Å². The zero-order chi connectivity index (χ0) is 9.68. The van der Waals surface area contributed by atoms with Gasteiger partial charge in [-0.1, -0.05) is 23.7 Å². The summed E-state index contributed by atoms with van der Waals surface area (Å²) >= 11 is 5.60. The highest BCUT2D eigenvalue weighted by atomic mass is 35.5. The Labute approximate surface area is 82.2 Å². The normalized spacial score (nSPS) is 10.4. The molecule has 1 rings (SSSR count). The van der Waals surface area contributed by atoms with Gasteiger partial charge in [0.15, 0.2) is 0 Å². The molecular weight excluding hydrogens is 191 g/mol. The molecule has 1 aromatic rings. The summed E-state index contributed by atoms with van der Waals surface area (Å²) in [6.45, 7) is 0.155. The van der Waals surface area contributed by atoms with Gasteiger partial charge in [0.2, 0.25) is 0 Å². The molecule has 0 spiro atoms. The Morgan fingerprint density at radius 1 is 1.31 bits per heavy atom. The van der Waals surface area contributed by atoms with Gasteiger partial charge in [-0.25, -0.2) is 4.39 Å². The van der Waals surface area contributed by atoms with Crippen molar-refractivity contribution in [2.75, 3.05) is 6.61 Å². The van der Waals surface area contributed by atoms with E-state index in [0.717, 1.165) is 6.42 Å². The summed E-state index contributed by atoms with van der Waals surface area (Å²) in [7, 11) is 0. The SMILES string of the molecule is OCCCCc1cccc(Cl)c1F. The molecule has 0 aliphatic heterocycles. The van der Waals surface area contributed by atoms with Crippen LogP contribution in [0, 0.1) is 5.82 Å². The molecule has 0 saturated heterocycles. The number of aliphatic hydroxyl groups is 1. The Kier molecular flexibility index (Phi) is 4.19. The van der Waals surface area contributed by atoms with E-state index in [9.17, 15) is 4.39 Å². The van der Waals surface area contributed by atoms with Gasteiger partial charge in [-0.05, 0) is 30.9 Å². The predicted octanol–water partition coefficient (Wildman–Crippen LogP) is 2.79. The number of rotatable bonds is 4. The Morgan fingerprint density at radius 3 is 2.77 bits per heavy atom. The molecule has 3 heteroatoms. The third-order valence-corrected chi connectivity index (χ3v) is 2.18. The van der Waals surface area contributed by atoms with E-state index >= 15 is 0 Å². The van der Waals surface area contributed by atoms with E-state index in [2.05, 4.69) is 0 Å². The van der Waals surface area contributed by atoms with E-state index in [0.29, 0.717) is 18.4 Å². The van der Waals surface area contributed by atoms with Gasteiger partial charge in [-0.3, -0.25) is 0 Å². The smallest absolute Gasteiger partial charge is 0.144 e. The monoisotopic (exact) mass is 202 g/mol. The molecule has 0 fully saturated rings. The summed E-state index contributed by atoms with van der Waals surface area (Å²) in [6.07, 6.45) is 2.12. The summed E-state index contributed by atoms with van der Waals surface area (Å²) in [5, 5.41) is 8.72. The Balaban J connectivity index is 2.61.